The number of amides is 2. The summed E-state index contributed by atoms with van der Waals surface area (Å²) in [5, 5.41) is 21.5. The van der Waals surface area contributed by atoms with Gasteiger partial charge in [-0.25, -0.2) is 4.98 Å². The second-order valence-electron chi connectivity index (χ2n) is 8.09. The van der Waals surface area contributed by atoms with Crippen molar-refractivity contribution in [1.82, 2.24) is 24.5 Å². The standard InChI is InChI=1S/C21H19F3N8O4S/c1-9-6-14(32(35)36)29-31(9)5-4-15(33)28-17-16-11(12-8-26-30(3)10(12)2)7-13(21(22,23)24)27-20(16)37-18(17)19(25)34/h6-8H,4-5H2,1-3H3,(H2,25,34)(H,28,33). The molecular weight excluding hydrogens is 517 g/mol. The summed E-state index contributed by atoms with van der Waals surface area (Å²) in [6.07, 6.45) is -3.60. The van der Waals surface area contributed by atoms with Crippen LogP contribution in [0.1, 0.15) is 33.2 Å². The van der Waals surface area contributed by atoms with Gasteiger partial charge in [0.05, 0.1) is 35.3 Å². The summed E-state index contributed by atoms with van der Waals surface area (Å²) in [7, 11) is 1.62. The van der Waals surface area contributed by atoms with Crippen LogP contribution in [0.5, 0.6) is 0 Å². The van der Waals surface area contributed by atoms with Crippen LogP contribution in [0.4, 0.5) is 24.7 Å². The van der Waals surface area contributed by atoms with Crippen LogP contribution in [0.3, 0.4) is 0 Å². The molecule has 2 amide bonds. The number of nitro groups is 1. The number of alkyl halides is 3. The van der Waals surface area contributed by atoms with E-state index >= 15 is 0 Å². The van der Waals surface area contributed by atoms with E-state index in [0.717, 1.165) is 6.07 Å². The third kappa shape index (κ3) is 4.87. The van der Waals surface area contributed by atoms with Gasteiger partial charge in [0.1, 0.15) is 15.4 Å². The summed E-state index contributed by atoms with van der Waals surface area (Å²) in [6.45, 7) is 3.22. The number of carbonyl (C=O) groups is 2. The molecule has 0 fully saturated rings. The number of nitrogens with one attached hydrogen (secondary N) is 1. The number of primary amides is 1. The number of carbonyl (C=O) groups excluding carboxylic acids is 2. The Labute approximate surface area is 210 Å². The van der Waals surface area contributed by atoms with Crippen molar-refractivity contribution in [2.24, 2.45) is 12.8 Å². The van der Waals surface area contributed by atoms with Gasteiger partial charge in [-0.05, 0) is 30.4 Å². The number of fused-ring (bicyclic) bond motifs is 1. The van der Waals surface area contributed by atoms with E-state index < -0.39 is 28.6 Å². The number of aromatic nitrogens is 5. The Balaban J connectivity index is 1.79. The zero-order chi connectivity index (χ0) is 27.2. The quantitative estimate of drug-likeness (QED) is 0.269. The lowest BCUT2D eigenvalue weighted by atomic mass is 10.0. The minimum absolute atomic E-state index is 0.0233. The molecule has 4 aromatic rings. The molecule has 0 spiro atoms. The molecule has 12 nitrogen and oxygen atoms in total. The average molecular weight is 536 g/mol. The molecule has 0 radical (unpaired) electrons. The molecular formula is C21H19F3N8O4S. The SMILES string of the molecule is Cc1c(-c2cc(C(F)(F)F)nc3sc(C(N)=O)c(NC(=O)CCn4nc([N+](=O)[O-])cc4C)c23)cnn1C. The first kappa shape index (κ1) is 25.7. The number of halogens is 3. The van der Waals surface area contributed by atoms with Crippen LogP contribution >= 0.6 is 11.3 Å². The van der Waals surface area contributed by atoms with Gasteiger partial charge >= 0.3 is 12.0 Å². The van der Waals surface area contributed by atoms with E-state index in [9.17, 15) is 32.9 Å². The van der Waals surface area contributed by atoms with Crippen LogP contribution in [-0.4, -0.2) is 41.3 Å². The van der Waals surface area contributed by atoms with Gasteiger partial charge in [-0.3, -0.25) is 14.3 Å². The molecule has 37 heavy (non-hydrogen) atoms. The molecule has 0 unspecified atom stereocenters. The van der Waals surface area contributed by atoms with Crippen molar-refractivity contribution in [2.45, 2.75) is 33.0 Å². The summed E-state index contributed by atoms with van der Waals surface area (Å²) in [6, 6.07) is 2.09. The van der Waals surface area contributed by atoms with E-state index in [0.29, 0.717) is 28.3 Å². The number of hydrogen-bond acceptors (Lipinski definition) is 8. The van der Waals surface area contributed by atoms with Crippen LogP contribution in [0.15, 0.2) is 18.3 Å². The number of nitrogens with zero attached hydrogens (tertiary/aromatic N) is 6. The maximum Gasteiger partial charge on any atom is 0.433 e. The van der Waals surface area contributed by atoms with E-state index in [1.807, 2.05) is 0 Å². The van der Waals surface area contributed by atoms with Crippen LogP contribution in [0.2, 0.25) is 0 Å². The third-order valence-corrected chi connectivity index (χ3v) is 6.77. The monoisotopic (exact) mass is 536 g/mol. The van der Waals surface area contributed by atoms with Gasteiger partial charge in [0.15, 0.2) is 0 Å². The van der Waals surface area contributed by atoms with Crippen LogP contribution in [-0.2, 0) is 24.6 Å². The summed E-state index contributed by atoms with van der Waals surface area (Å²) < 4.78 is 43.7. The van der Waals surface area contributed by atoms with Crippen molar-refractivity contribution < 1.29 is 27.7 Å². The molecule has 0 bridgehead atoms. The van der Waals surface area contributed by atoms with Gasteiger partial charge in [0.2, 0.25) is 5.91 Å². The number of anilines is 1. The van der Waals surface area contributed by atoms with E-state index in [4.69, 9.17) is 5.73 Å². The Bertz CT molecular complexity index is 1570. The van der Waals surface area contributed by atoms with Gasteiger partial charge in [0, 0.05) is 30.1 Å². The number of thiophene rings is 1. The Morgan fingerprint density at radius 1 is 1.24 bits per heavy atom. The number of aryl methyl sites for hydroxylation is 3. The highest BCUT2D eigenvalue weighted by molar-refractivity contribution is 7.21. The minimum Gasteiger partial charge on any atom is -0.365 e. The average Bonchev–Trinajstić information content (AvgIpc) is 3.47. The summed E-state index contributed by atoms with van der Waals surface area (Å²) in [5.74, 6) is -1.95. The Morgan fingerprint density at radius 2 is 1.95 bits per heavy atom. The lowest BCUT2D eigenvalue weighted by Crippen LogP contribution is -2.18. The van der Waals surface area contributed by atoms with Crippen molar-refractivity contribution in [1.29, 1.82) is 0 Å². The fraction of sp³-hybridized carbons (Fsp3) is 0.286. The molecule has 0 aliphatic rings. The van der Waals surface area contributed by atoms with Gasteiger partial charge in [-0.2, -0.15) is 23.0 Å². The Kier molecular flexibility index (Phi) is 6.45. The lowest BCUT2D eigenvalue weighted by molar-refractivity contribution is -0.389. The maximum atomic E-state index is 13.6. The van der Waals surface area contributed by atoms with Gasteiger partial charge in [-0.15, -0.1) is 11.3 Å². The molecule has 0 saturated heterocycles. The Hall–Kier alpha value is -4.34. The maximum absolute atomic E-state index is 13.6. The van der Waals surface area contributed by atoms with Crippen LogP contribution in [0.25, 0.3) is 21.3 Å². The van der Waals surface area contributed by atoms with Gasteiger partial charge < -0.3 is 21.2 Å². The van der Waals surface area contributed by atoms with Crippen molar-refractivity contribution in [3.05, 3.63) is 50.4 Å². The van der Waals surface area contributed by atoms with Gasteiger partial charge in [0.25, 0.3) is 5.91 Å². The number of nitrogens with two attached hydrogens (primary N) is 1. The molecule has 0 aliphatic carbocycles. The molecule has 4 rings (SSSR count). The number of hydrogen-bond donors (Lipinski definition) is 2. The zero-order valence-corrected chi connectivity index (χ0v) is 20.4. The van der Waals surface area contributed by atoms with E-state index in [2.05, 4.69) is 20.5 Å². The summed E-state index contributed by atoms with van der Waals surface area (Å²) >= 11 is 0.629. The summed E-state index contributed by atoms with van der Waals surface area (Å²) in [4.78, 5) is 38.7. The molecule has 16 heteroatoms. The fourth-order valence-corrected chi connectivity index (χ4v) is 4.74. The molecule has 0 atom stereocenters. The predicted molar refractivity (Wildman–Crippen MR) is 127 cm³/mol. The first-order valence-electron chi connectivity index (χ1n) is 10.6. The molecule has 0 saturated carbocycles. The van der Waals surface area contributed by atoms with Crippen LogP contribution < -0.4 is 11.1 Å². The smallest absolute Gasteiger partial charge is 0.365 e. The van der Waals surface area contributed by atoms with E-state index in [1.54, 1.807) is 20.9 Å². The molecule has 3 N–H and O–H groups in total. The normalized spacial score (nSPS) is 11.7. The Morgan fingerprint density at radius 3 is 2.49 bits per heavy atom. The second kappa shape index (κ2) is 9.27. The number of rotatable bonds is 7. The first-order valence-corrected chi connectivity index (χ1v) is 11.4. The van der Waals surface area contributed by atoms with Crippen molar-refractivity contribution >= 4 is 44.9 Å². The first-order chi connectivity index (χ1) is 17.3. The highest BCUT2D eigenvalue weighted by atomic mass is 32.1. The third-order valence-electron chi connectivity index (χ3n) is 5.67. The van der Waals surface area contributed by atoms with Crippen molar-refractivity contribution in [2.75, 3.05) is 5.32 Å². The zero-order valence-electron chi connectivity index (χ0n) is 19.6. The van der Waals surface area contributed by atoms with Crippen LogP contribution in [0, 0.1) is 24.0 Å². The van der Waals surface area contributed by atoms with Crippen molar-refractivity contribution in [3.8, 4) is 11.1 Å². The predicted octanol–water partition coefficient (Wildman–Crippen LogP) is 3.56. The number of pyridine rings is 1. The fourth-order valence-electron chi connectivity index (χ4n) is 3.73. The highest BCUT2D eigenvalue weighted by Gasteiger charge is 2.35. The molecule has 0 aromatic carbocycles. The molecule has 4 heterocycles. The molecule has 0 aliphatic heterocycles. The highest BCUT2D eigenvalue weighted by Crippen LogP contribution is 2.44. The molecule has 4 aromatic heterocycles. The topological polar surface area (TPSA) is 164 Å². The van der Waals surface area contributed by atoms with Crippen molar-refractivity contribution in [3.63, 3.8) is 0 Å². The lowest BCUT2D eigenvalue weighted by Gasteiger charge is -2.12. The second-order valence-corrected chi connectivity index (χ2v) is 9.09. The minimum atomic E-state index is -4.77. The van der Waals surface area contributed by atoms with E-state index in [-0.39, 0.29) is 45.1 Å². The summed E-state index contributed by atoms with van der Waals surface area (Å²) in [5.41, 5.74) is 5.66. The van der Waals surface area contributed by atoms with E-state index in [1.165, 1.54) is 21.6 Å². The molecule has 194 valence electrons. The largest absolute Gasteiger partial charge is 0.433 e. The van der Waals surface area contributed by atoms with Gasteiger partial charge in [-0.1, -0.05) is 0 Å².